The predicted octanol–water partition coefficient (Wildman–Crippen LogP) is 1.83. The quantitative estimate of drug-likeness (QED) is 0.679. The lowest BCUT2D eigenvalue weighted by atomic mass is 9.76. The molecule has 1 aliphatic carbocycles. The number of aromatic nitrogens is 2. The van der Waals surface area contributed by atoms with Crippen molar-refractivity contribution in [1.82, 2.24) is 20.6 Å². The Morgan fingerprint density at radius 3 is 2.52 bits per heavy atom. The lowest BCUT2D eigenvalue weighted by Crippen LogP contribution is -2.55. The van der Waals surface area contributed by atoms with Crippen molar-refractivity contribution in [3.8, 4) is 0 Å². The molecule has 0 spiro atoms. The van der Waals surface area contributed by atoms with E-state index in [2.05, 4.69) is 20.6 Å². The first-order valence-electron chi connectivity index (χ1n) is 7.07. The van der Waals surface area contributed by atoms with Crippen LogP contribution in [0.5, 0.6) is 0 Å². The Kier molecular flexibility index (Phi) is 3.93. The van der Waals surface area contributed by atoms with Crippen molar-refractivity contribution in [2.45, 2.75) is 45.6 Å². The number of imidazole rings is 1. The second kappa shape index (κ2) is 5.38. The normalized spacial score (nSPS) is 16.9. The number of urea groups is 1. The first-order chi connectivity index (χ1) is 9.72. The maximum absolute atomic E-state index is 12.0. The number of carboxylic acids is 1. The molecule has 0 bridgehead atoms. The average Bonchev–Trinajstić information content (AvgIpc) is 2.80. The van der Waals surface area contributed by atoms with Gasteiger partial charge >= 0.3 is 12.0 Å². The summed E-state index contributed by atoms with van der Waals surface area (Å²) in [6.07, 6.45) is 3.76. The fourth-order valence-electron chi connectivity index (χ4n) is 2.23. The summed E-state index contributed by atoms with van der Waals surface area (Å²) in [6.45, 7) is 6.68. The van der Waals surface area contributed by atoms with Crippen molar-refractivity contribution in [3.63, 3.8) is 0 Å². The number of hydrogen-bond acceptors (Lipinski definition) is 3. The standard InChI is InChI=1S/C14H22N4O3/c1-13(2,3)8-16-12(21)18-14(5-4-6-14)11-15-7-9(17-11)10(19)20/h7H,4-6,8H2,1-3H3,(H,15,17)(H,19,20)(H2,16,18,21). The van der Waals surface area contributed by atoms with Gasteiger partial charge in [0.25, 0.3) is 0 Å². The number of carbonyl (C=O) groups is 2. The molecule has 1 fully saturated rings. The SMILES string of the molecule is CC(C)(C)CNC(=O)NC1(c2ncc(C(=O)O)[nH]2)CCC1. The molecule has 116 valence electrons. The Morgan fingerprint density at radius 2 is 2.10 bits per heavy atom. The smallest absolute Gasteiger partial charge is 0.353 e. The zero-order chi connectivity index (χ0) is 15.7. The molecular formula is C14H22N4O3. The number of aromatic carboxylic acids is 1. The maximum atomic E-state index is 12.0. The van der Waals surface area contributed by atoms with Crippen LogP contribution in [0.15, 0.2) is 6.20 Å². The summed E-state index contributed by atoms with van der Waals surface area (Å²) < 4.78 is 0. The van der Waals surface area contributed by atoms with E-state index in [0.717, 1.165) is 19.3 Å². The van der Waals surface area contributed by atoms with Crippen LogP contribution in [-0.2, 0) is 5.54 Å². The van der Waals surface area contributed by atoms with E-state index in [-0.39, 0.29) is 17.1 Å². The van der Waals surface area contributed by atoms with Crippen molar-refractivity contribution < 1.29 is 14.7 Å². The van der Waals surface area contributed by atoms with Gasteiger partial charge in [0.15, 0.2) is 0 Å². The second-order valence-electron chi connectivity index (χ2n) is 6.75. The molecule has 1 aromatic rings. The summed E-state index contributed by atoms with van der Waals surface area (Å²) in [7, 11) is 0. The fraction of sp³-hybridized carbons (Fsp3) is 0.643. The zero-order valence-corrected chi connectivity index (χ0v) is 12.6. The number of carboxylic acid groups (broad SMARTS) is 1. The molecule has 0 aliphatic heterocycles. The summed E-state index contributed by atoms with van der Waals surface area (Å²) in [4.78, 5) is 29.8. The number of nitrogens with one attached hydrogen (secondary N) is 3. The van der Waals surface area contributed by atoms with Gasteiger partial charge < -0.3 is 20.7 Å². The molecular weight excluding hydrogens is 272 g/mol. The van der Waals surface area contributed by atoms with Crippen LogP contribution in [0.1, 0.15) is 56.3 Å². The summed E-state index contributed by atoms with van der Waals surface area (Å²) in [5.41, 5.74) is -0.533. The number of aromatic amines is 1. The van der Waals surface area contributed by atoms with Gasteiger partial charge in [0.05, 0.1) is 11.7 Å². The van der Waals surface area contributed by atoms with Crippen LogP contribution >= 0.6 is 0 Å². The third-order valence-corrected chi connectivity index (χ3v) is 3.60. The van der Waals surface area contributed by atoms with Gasteiger partial charge in [0.1, 0.15) is 11.5 Å². The topological polar surface area (TPSA) is 107 Å². The Balaban J connectivity index is 2.04. The summed E-state index contributed by atoms with van der Waals surface area (Å²) in [6, 6.07) is -0.252. The lowest BCUT2D eigenvalue weighted by molar-refractivity contribution is 0.0690. The van der Waals surface area contributed by atoms with E-state index in [4.69, 9.17) is 5.11 Å². The van der Waals surface area contributed by atoms with E-state index in [0.29, 0.717) is 12.4 Å². The van der Waals surface area contributed by atoms with Crippen molar-refractivity contribution in [1.29, 1.82) is 0 Å². The van der Waals surface area contributed by atoms with E-state index in [1.54, 1.807) is 0 Å². The minimum absolute atomic E-state index is 0.00523. The van der Waals surface area contributed by atoms with Crippen molar-refractivity contribution in [3.05, 3.63) is 17.7 Å². The van der Waals surface area contributed by atoms with E-state index in [1.807, 2.05) is 20.8 Å². The molecule has 7 nitrogen and oxygen atoms in total. The Morgan fingerprint density at radius 1 is 1.43 bits per heavy atom. The molecule has 1 aromatic heterocycles. The van der Waals surface area contributed by atoms with Crippen LogP contribution in [0.3, 0.4) is 0 Å². The molecule has 7 heteroatoms. The number of H-pyrrole nitrogens is 1. The van der Waals surface area contributed by atoms with Crippen LogP contribution in [0.4, 0.5) is 4.79 Å². The Hall–Kier alpha value is -2.05. The first-order valence-corrected chi connectivity index (χ1v) is 7.07. The number of hydrogen-bond donors (Lipinski definition) is 4. The number of carbonyl (C=O) groups excluding carboxylic acids is 1. The minimum Gasteiger partial charge on any atom is -0.477 e. The molecule has 2 amide bonds. The highest BCUT2D eigenvalue weighted by Crippen LogP contribution is 2.39. The van der Waals surface area contributed by atoms with Gasteiger partial charge in [-0.05, 0) is 24.7 Å². The number of rotatable bonds is 4. The third-order valence-electron chi connectivity index (χ3n) is 3.60. The van der Waals surface area contributed by atoms with E-state index < -0.39 is 11.5 Å². The highest BCUT2D eigenvalue weighted by Gasteiger charge is 2.43. The molecule has 1 aliphatic rings. The summed E-state index contributed by atoms with van der Waals surface area (Å²) in [5.74, 6) is -0.544. The number of nitrogens with zero attached hydrogens (tertiary/aromatic N) is 1. The van der Waals surface area contributed by atoms with E-state index >= 15 is 0 Å². The molecule has 0 radical (unpaired) electrons. The molecule has 0 saturated heterocycles. The predicted molar refractivity (Wildman–Crippen MR) is 77.1 cm³/mol. The lowest BCUT2D eigenvalue weighted by Gasteiger charge is -2.40. The van der Waals surface area contributed by atoms with Gasteiger partial charge in [-0.2, -0.15) is 0 Å². The van der Waals surface area contributed by atoms with Crippen LogP contribution in [-0.4, -0.2) is 33.6 Å². The summed E-state index contributed by atoms with van der Waals surface area (Å²) in [5, 5.41) is 14.7. The Bertz CT molecular complexity index is 541. The van der Waals surface area contributed by atoms with Crippen LogP contribution in [0.25, 0.3) is 0 Å². The van der Waals surface area contributed by atoms with Crippen molar-refractivity contribution >= 4 is 12.0 Å². The van der Waals surface area contributed by atoms with Gasteiger partial charge in [0, 0.05) is 6.54 Å². The van der Waals surface area contributed by atoms with Crippen LogP contribution in [0.2, 0.25) is 0 Å². The van der Waals surface area contributed by atoms with E-state index in [9.17, 15) is 9.59 Å². The molecule has 1 saturated carbocycles. The largest absolute Gasteiger partial charge is 0.477 e. The van der Waals surface area contributed by atoms with Gasteiger partial charge in [-0.25, -0.2) is 14.6 Å². The molecule has 1 heterocycles. The van der Waals surface area contributed by atoms with Gasteiger partial charge in [-0.15, -0.1) is 0 Å². The third kappa shape index (κ3) is 3.53. The fourth-order valence-corrected chi connectivity index (χ4v) is 2.23. The molecule has 2 rings (SSSR count). The van der Waals surface area contributed by atoms with Crippen LogP contribution < -0.4 is 10.6 Å². The molecule has 0 atom stereocenters. The van der Waals surface area contributed by atoms with Gasteiger partial charge in [-0.3, -0.25) is 0 Å². The van der Waals surface area contributed by atoms with Crippen molar-refractivity contribution in [2.75, 3.05) is 6.54 Å². The minimum atomic E-state index is -1.06. The van der Waals surface area contributed by atoms with Gasteiger partial charge in [0.2, 0.25) is 0 Å². The first kappa shape index (κ1) is 15.3. The highest BCUT2D eigenvalue weighted by molar-refractivity contribution is 5.85. The van der Waals surface area contributed by atoms with Crippen LogP contribution in [0, 0.1) is 5.41 Å². The zero-order valence-electron chi connectivity index (χ0n) is 12.6. The molecule has 0 aromatic carbocycles. The van der Waals surface area contributed by atoms with Crippen molar-refractivity contribution in [2.24, 2.45) is 5.41 Å². The number of amides is 2. The molecule has 0 unspecified atom stereocenters. The van der Waals surface area contributed by atoms with Gasteiger partial charge in [-0.1, -0.05) is 20.8 Å². The maximum Gasteiger partial charge on any atom is 0.353 e. The second-order valence-corrected chi connectivity index (χ2v) is 6.75. The molecule has 21 heavy (non-hydrogen) atoms. The van der Waals surface area contributed by atoms with E-state index in [1.165, 1.54) is 6.20 Å². The average molecular weight is 294 g/mol. The summed E-state index contributed by atoms with van der Waals surface area (Å²) >= 11 is 0. The molecule has 4 N–H and O–H groups in total. The Labute approximate surface area is 123 Å². The highest BCUT2D eigenvalue weighted by atomic mass is 16.4. The monoisotopic (exact) mass is 294 g/mol.